The van der Waals surface area contributed by atoms with Crippen LogP contribution in [0, 0.1) is 10.1 Å². The zero-order valence-corrected chi connectivity index (χ0v) is 7.12. The molecule has 0 aliphatic heterocycles. The van der Waals surface area contributed by atoms with Crippen molar-refractivity contribution < 1.29 is 9.34 Å². The molecule has 0 radical (unpaired) electrons. The molecule has 0 bridgehead atoms. The van der Waals surface area contributed by atoms with Crippen LogP contribution in [0.15, 0.2) is 28.9 Å². The SMILES string of the molecule is O=[N+]([O-])c1c(Cl)ccc2occc12. The Kier molecular flexibility index (Phi) is 1.70. The lowest BCUT2D eigenvalue weighted by molar-refractivity contribution is -0.382. The fraction of sp³-hybridized carbons (Fsp3) is 0. The number of fused-ring (bicyclic) bond motifs is 1. The van der Waals surface area contributed by atoms with Gasteiger partial charge in [-0.15, -0.1) is 0 Å². The van der Waals surface area contributed by atoms with Crippen molar-refractivity contribution in [1.82, 2.24) is 0 Å². The van der Waals surface area contributed by atoms with E-state index >= 15 is 0 Å². The third-order valence-corrected chi connectivity index (χ3v) is 2.05. The van der Waals surface area contributed by atoms with Crippen LogP contribution >= 0.6 is 11.6 Å². The molecule has 0 N–H and O–H groups in total. The van der Waals surface area contributed by atoms with Gasteiger partial charge in [0.05, 0.1) is 16.6 Å². The van der Waals surface area contributed by atoms with Crippen molar-refractivity contribution in [1.29, 1.82) is 0 Å². The highest BCUT2D eigenvalue weighted by atomic mass is 35.5. The summed E-state index contributed by atoms with van der Waals surface area (Å²) in [7, 11) is 0. The maximum Gasteiger partial charge on any atom is 0.298 e. The van der Waals surface area contributed by atoms with Gasteiger partial charge in [-0.3, -0.25) is 10.1 Å². The fourth-order valence-electron chi connectivity index (χ4n) is 1.19. The summed E-state index contributed by atoms with van der Waals surface area (Å²) in [5, 5.41) is 11.2. The van der Waals surface area contributed by atoms with Gasteiger partial charge in [0.15, 0.2) is 0 Å². The average Bonchev–Trinajstić information content (AvgIpc) is 2.50. The van der Waals surface area contributed by atoms with E-state index in [-0.39, 0.29) is 10.7 Å². The van der Waals surface area contributed by atoms with E-state index in [2.05, 4.69) is 0 Å². The van der Waals surface area contributed by atoms with Gasteiger partial charge >= 0.3 is 0 Å². The van der Waals surface area contributed by atoms with Crippen molar-refractivity contribution in [2.45, 2.75) is 0 Å². The normalized spacial score (nSPS) is 10.5. The second kappa shape index (κ2) is 2.74. The fourth-order valence-corrected chi connectivity index (χ4v) is 1.42. The predicted molar refractivity (Wildman–Crippen MR) is 47.9 cm³/mol. The molecule has 0 unspecified atom stereocenters. The van der Waals surface area contributed by atoms with Crippen LogP contribution in [0.4, 0.5) is 5.69 Å². The third kappa shape index (κ3) is 1.15. The number of nitro benzene ring substituents is 1. The Morgan fingerprint density at radius 3 is 2.85 bits per heavy atom. The van der Waals surface area contributed by atoms with E-state index in [0.29, 0.717) is 11.0 Å². The summed E-state index contributed by atoms with van der Waals surface area (Å²) in [5.41, 5.74) is 0.365. The Bertz CT molecular complexity index is 477. The van der Waals surface area contributed by atoms with Crippen molar-refractivity contribution in [3.05, 3.63) is 39.6 Å². The van der Waals surface area contributed by atoms with Crippen molar-refractivity contribution in [2.75, 3.05) is 0 Å². The lowest BCUT2D eigenvalue weighted by Gasteiger charge is -1.94. The van der Waals surface area contributed by atoms with E-state index in [0.717, 1.165) is 0 Å². The Morgan fingerprint density at radius 1 is 1.38 bits per heavy atom. The Balaban J connectivity index is 2.88. The van der Waals surface area contributed by atoms with Gasteiger partial charge < -0.3 is 4.42 Å². The number of rotatable bonds is 1. The molecule has 13 heavy (non-hydrogen) atoms. The lowest BCUT2D eigenvalue weighted by Crippen LogP contribution is -1.89. The van der Waals surface area contributed by atoms with Crippen LogP contribution in [0.2, 0.25) is 5.02 Å². The van der Waals surface area contributed by atoms with Crippen molar-refractivity contribution >= 4 is 28.3 Å². The van der Waals surface area contributed by atoms with Crippen LogP contribution in [0.3, 0.4) is 0 Å². The first-order chi connectivity index (χ1) is 6.20. The third-order valence-electron chi connectivity index (χ3n) is 1.74. The topological polar surface area (TPSA) is 56.3 Å². The highest BCUT2D eigenvalue weighted by molar-refractivity contribution is 6.34. The van der Waals surface area contributed by atoms with Gasteiger partial charge in [-0.25, -0.2) is 0 Å². The quantitative estimate of drug-likeness (QED) is 0.522. The minimum Gasteiger partial charge on any atom is -0.464 e. The van der Waals surface area contributed by atoms with Gasteiger partial charge in [-0.1, -0.05) is 11.6 Å². The Morgan fingerprint density at radius 2 is 2.15 bits per heavy atom. The molecule has 0 saturated heterocycles. The molecule has 66 valence electrons. The second-order valence-corrected chi connectivity index (χ2v) is 2.89. The minimum absolute atomic E-state index is 0.104. The molecular weight excluding hydrogens is 194 g/mol. The molecule has 0 spiro atoms. The van der Waals surface area contributed by atoms with E-state index in [9.17, 15) is 10.1 Å². The van der Waals surface area contributed by atoms with E-state index in [1.807, 2.05) is 0 Å². The first kappa shape index (κ1) is 8.07. The van der Waals surface area contributed by atoms with Crippen LogP contribution < -0.4 is 0 Å². The molecule has 0 aliphatic carbocycles. The molecule has 2 aromatic rings. The predicted octanol–water partition coefficient (Wildman–Crippen LogP) is 2.99. The van der Waals surface area contributed by atoms with Gasteiger partial charge in [-0.05, 0) is 18.2 Å². The zero-order valence-electron chi connectivity index (χ0n) is 6.36. The number of nitro groups is 1. The largest absolute Gasteiger partial charge is 0.464 e. The number of hydrogen-bond acceptors (Lipinski definition) is 3. The molecule has 0 aliphatic rings. The van der Waals surface area contributed by atoms with Gasteiger partial charge in [-0.2, -0.15) is 0 Å². The zero-order chi connectivity index (χ0) is 9.42. The molecule has 0 saturated carbocycles. The Hall–Kier alpha value is -1.55. The first-order valence-corrected chi connectivity index (χ1v) is 3.88. The summed E-state index contributed by atoms with van der Waals surface area (Å²) in [5.74, 6) is 0. The van der Waals surface area contributed by atoms with E-state index in [1.165, 1.54) is 18.4 Å². The maximum absolute atomic E-state index is 10.6. The number of nitrogens with zero attached hydrogens (tertiary/aromatic N) is 1. The number of halogens is 1. The molecule has 4 nitrogen and oxygen atoms in total. The van der Waals surface area contributed by atoms with Gasteiger partial charge in [0.2, 0.25) is 0 Å². The highest BCUT2D eigenvalue weighted by Gasteiger charge is 2.18. The molecule has 1 aromatic heterocycles. The van der Waals surface area contributed by atoms with E-state index in [4.69, 9.17) is 16.0 Å². The molecular formula is C8H4ClNO3. The second-order valence-electron chi connectivity index (χ2n) is 2.49. The van der Waals surface area contributed by atoms with Gasteiger partial charge in [0, 0.05) is 0 Å². The van der Waals surface area contributed by atoms with Crippen LogP contribution in [-0.2, 0) is 0 Å². The molecule has 5 heteroatoms. The number of hydrogen-bond donors (Lipinski definition) is 0. The first-order valence-electron chi connectivity index (χ1n) is 3.50. The highest BCUT2D eigenvalue weighted by Crippen LogP contribution is 2.33. The molecule has 0 fully saturated rings. The monoisotopic (exact) mass is 197 g/mol. The summed E-state index contributed by atoms with van der Waals surface area (Å²) in [4.78, 5) is 10.1. The smallest absolute Gasteiger partial charge is 0.298 e. The van der Waals surface area contributed by atoms with Crippen molar-refractivity contribution in [2.24, 2.45) is 0 Å². The van der Waals surface area contributed by atoms with Crippen LogP contribution in [-0.4, -0.2) is 4.92 Å². The summed E-state index contributed by atoms with van der Waals surface area (Å²) in [6, 6.07) is 4.58. The van der Waals surface area contributed by atoms with Crippen molar-refractivity contribution in [3.63, 3.8) is 0 Å². The maximum atomic E-state index is 10.6. The van der Waals surface area contributed by atoms with Crippen LogP contribution in [0.5, 0.6) is 0 Å². The summed E-state index contributed by atoms with van der Waals surface area (Å²) < 4.78 is 5.00. The van der Waals surface area contributed by atoms with Crippen LogP contribution in [0.25, 0.3) is 11.0 Å². The van der Waals surface area contributed by atoms with Gasteiger partial charge in [0.25, 0.3) is 5.69 Å². The average molecular weight is 198 g/mol. The van der Waals surface area contributed by atoms with E-state index < -0.39 is 4.92 Å². The van der Waals surface area contributed by atoms with Crippen LogP contribution in [0.1, 0.15) is 0 Å². The summed E-state index contributed by atoms with van der Waals surface area (Å²) in [6.07, 6.45) is 1.40. The Labute approximate surface area is 77.9 Å². The molecule has 0 atom stereocenters. The number of furan rings is 1. The molecule has 1 heterocycles. The molecule has 1 aromatic carbocycles. The molecule has 0 amide bonds. The summed E-state index contributed by atoms with van der Waals surface area (Å²) in [6.45, 7) is 0. The minimum atomic E-state index is -0.514. The standard InChI is InChI=1S/C8H4ClNO3/c9-6-1-2-7-5(3-4-13-7)8(6)10(11)12/h1-4H. The molecule has 2 rings (SSSR count). The lowest BCUT2D eigenvalue weighted by atomic mass is 10.2. The summed E-state index contributed by atoms with van der Waals surface area (Å²) >= 11 is 5.67. The number of benzene rings is 1. The van der Waals surface area contributed by atoms with Gasteiger partial charge in [0.1, 0.15) is 10.6 Å². The van der Waals surface area contributed by atoms with E-state index in [1.54, 1.807) is 6.07 Å². The van der Waals surface area contributed by atoms with Crippen molar-refractivity contribution in [3.8, 4) is 0 Å².